The van der Waals surface area contributed by atoms with Crippen LogP contribution in [0.3, 0.4) is 0 Å². The predicted octanol–water partition coefficient (Wildman–Crippen LogP) is 10.1. The second-order valence-corrected chi connectivity index (χ2v) is 11.0. The van der Waals surface area contributed by atoms with Gasteiger partial charge in [0.05, 0.1) is 62.6 Å². The molecule has 6 rings (SSSR count). The number of nitrogens with zero attached hydrogens (tertiary/aromatic N) is 2. The largest absolute Gasteiger partial charge is 0.495 e. The van der Waals surface area contributed by atoms with Crippen LogP contribution in [0, 0.1) is 0 Å². The molecule has 0 radical (unpaired) electrons. The quantitative estimate of drug-likeness (QED) is 0.100. The average molecular weight is 669 g/mol. The highest BCUT2D eigenvalue weighted by atomic mass is 16.5. The van der Waals surface area contributed by atoms with Gasteiger partial charge in [-0.2, -0.15) is 0 Å². The third kappa shape index (κ3) is 7.10. The van der Waals surface area contributed by atoms with E-state index in [0.29, 0.717) is 34.5 Å². The first-order valence-corrected chi connectivity index (χ1v) is 16.2. The fraction of sp³-hybridized carbons (Fsp3) is 0.143. The van der Waals surface area contributed by atoms with Gasteiger partial charge in [0.15, 0.2) is 0 Å². The molecule has 50 heavy (non-hydrogen) atoms. The van der Waals surface area contributed by atoms with Gasteiger partial charge in [-0.3, -0.25) is 9.80 Å². The van der Waals surface area contributed by atoms with Crippen molar-refractivity contribution in [3.8, 4) is 34.5 Å². The first-order chi connectivity index (χ1) is 24.7. The Labute approximate surface area is 293 Å². The maximum atomic E-state index is 6.47. The highest BCUT2D eigenvalue weighted by Crippen LogP contribution is 2.48. The van der Waals surface area contributed by atoms with Gasteiger partial charge in [0.25, 0.3) is 0 Å². The van der Waals surface area contributed by atoms with Crippen molar-refractivity contribution in [3.05, 3.63) is 146 Å². The summed E-state index contributed by atoms with van der Waals surface area (Å²) in [5, 5.41) is 0. The van der Waals surface area contributed by atoms with Crippen LogP contribution in [0.2, 0.25) is 0 Å². The predicted molar refractivity (Wildman–Crippen MR) is 199 cm³/mol. The summed E-state index contributed by atoms with van der Waals surface area (Å²) in [6, 6.07) is 47.3. The van der Waals surface area contributed by atoms with Crippen molar-refractivity contribution in [2.75, 3.05) is 51.5 Å². The molecule has 0 heterocycles. The minimum absolute atomic E-state index is 0.278. The van der Waals surface area contributed by atoms with Crippen LogP contribution in [0.15, 0.2) is 146 Å². The summed E-state index contributed by atoms with van der Waals surface area (Å²) in [7, 11) is 6.67. The smallest absolute Gasteiger partial charge is 0.143 e. The number of hydrogen-bond donors (Lipinski definition) is 0. The Bertz CT molecular complexity index is 1780. The van der Waals surface area contributed by atoms with E-state index in [0.717, 1.165) is 34.1 Å². The summed E-state index contributed by atoms with van der Waals surface area (Å²) in [5.74, 6) is 4.19. The molecule has 0 saturated carbocycles. The zero-order chi connectivity index (χ0) is 34.7. The van der Waals surface area contributed by atoms with Crippen LogP contribution < -0.4 is 38.2 Å². The van der Waals surface area contributed by atoms with Gasteiger partial charge < -0.3 is 28.4 Å². The molecule has 0 aliphatic carbocycles. The van der Waals surface area contributed by atoms with E-state index in [2.05, 4.69) is 9.80 Å². The number of methoxy groups -OCH3 is 4. The van der Waals surface area contributed by atoms with Crippen molar-refractivity contribution in [3.63, 3.8) is 0 Å². The van der Waals surface area contributed by atoms with Crippen molar-refractivity contribution in [1.29, 1.82) is 0 Å². The zero-order valence-corrected chi connectivity index (χ0v) is 28.6. The maximum Gasteiger partial charge on any atom is 0.143 e. The van der Waals surface area contributed by atoms with Gasteiger partial charge in [0.1, 0.15) is 47.7 Å². The maximum absolute atomic E-state index is 6.47. The van der Waals surface area contributed by atoms with Crippen LogP contribution in [0.5, 0.6) is 34.5 Å². The van der Waals surface area contributed by atoms with Crippen molar-refractivity contribution in [2.24, 2.45) is 0 Å². The van der Waals surface area contributed by atoms with Gasteiger partial charge in [0.2, 0.25) is 0 Å². The Hall–Kier alpha value is -6.28. The SMILES string of the molecule is COc1ccccc1N(c1ccccc1OC)c1ccccc1OCCOc1ccccc1N(c1ccccc1OC)c1ccccc1OC. The number of ether oxygens (including phenoxy) is 6. The number of rotatable bonds is 15. The molecule has 0 bridgehead atoms. The van der Waals surface area contributed by atoms with Crippen molar-refractivity contribution in [1.82, 2.24) is 0 Å². The molecule has 8 heteroatoms. The van der Waals surface area contributed by atoms with Crippen molar-refractivity contribution >= 4 is 34.1 Å². The van der Waals surface area contributed by atoms with E-state index in [1.807, 2.05) is 146 Å². The lowest BCUT2D eigenvalue weighted by molar-refractivity contribution is 0.218. The summed E-state index contributed by atoms with van der Waals surface area (Å²) in [4.78, 5) is 4.17. The monoisotopic (exact) mass is 668 g/mol. The second-order valence-electron chi connectivity index (χ2n) is 11.0. The lowest BCUT2D eigenvalue weighted by Gasteiger charge is -2.30. The standard InChI is InChI=1S/C42H40N2O6/c1-45-37-23-11-5-17-31(37)43(32-18-6-12-24-38(32)46-2)35-21-9-15-27-41(35)49-29-30-50-42-28-16-10-22-36(42)44(33-19-7-13-25-39(33)47-3)34-20-8-14-26-40(34)48-4/h5-28H,29-30H2,1-4H3. The fourth-order valence-corrected chi connectivity index (χ4v) is 5.87. The third-order valence-corrected chi connectivity index (χ3v) is 8.12. The van der Waals surface area contributed by atoms with Crippen molar-refractivity contribution in [2.45, 2.75) is 0 Å². The summed E-state index contributed by atoms with van der Waals surface area (Å²) >= 11 is 0. The summed E-state index contributed by atoms with van der Waals surface area (Å²) < 4.78 is 36.1. The first kappa shape index (κ1) is 33.6. The summed E-state index contributed by atoms with van der Waals surface area (Å²) in [6.45, 7) is 0.556. The molecule has 0 N–H and O–H groups in total. The fourth-order valence-electron chi connectivity index (χ4n) is 5.87. The van der Waals surface area contributed by atoms with Crippen LogP contribution in [0.4, 0.5) is 34.1 Å². The Morgan fingerprint density at radius 1 is 0.300 bits per heavy atom. The summed E-state index contributed by atoms with van der Waals surface area (Å²) in [6.07, 6.45) is 0. The van der Waals surface area contributed by atoms with Gasteiger partial charge in [-0.15, -0.1) is 0 Å². The molecule has 0 saturated heterocycles. The van der Waals surface area contributed by atoms with Gasteiger partial charge >= 0.3 is 0 Å². The lowest BCUT2D eigenvalue weighted by atomic mass is 10.1. The molecule has 254 valence electrons. The highest BCUT2D eigenvalue weighted by Gasteiger charge is 2.24. The average Bonchev–Trinajstić information content (AvgIpc) is 3.18. The Balaban J connectivity index is 1.30. The molecule has 0 aliphatic rings. The molecule has 0 amide bonds. The number of hydrogen-bond acceptors (Lipinski definition) is 8. The molecular weight excluding hydrogens is 628 g/mol. The molecule has 0 atom stereocenters. The number of para-hydroxylation sites is 12. The van der Waals surface area contributed by atoms with E-state index < -0.39 is 0 Å². The highest BCUT2D eigenvalue weighted by molar-refractivity contribution is 5.87. The molecule has 8 nitrogen and oxygen atoms in total. The van der Waals surface area contributed by atoms with E-state index in [9.17, 15) is 0 Å². The van der Waals surface area contributed by atoms with E-state index >= 15 is 0 Å². The molecule has 6 aromatic carbocycles. The zero-order valence-electron chi connectivity index (χ0n) is 28.6. The normalized spacial score (nSPS) is 10.6. The van der Waals surface area contributed by atoms with E-state index in [-0.39, 0.29) is 13.2 Å². The molecule has 6 aromatic rings. The van der Waals surface area contributed by atoms with Crippen LogP contribution in [-0.2, 0) is 0 Å². The van der Waals surface area contributed by atoms with Gasteiger partial charge in [-0.05, 0) is 72.8 Å². The van der Waals surface area contributed by atoms with E-state index in [1.54, 1.807) is 28.4 Å². The van der Waals surface area contributed by atoms with E-state index in [4.69, 9.17) is 28.4 Å². The third-order valence-electron chi connectivity index (χ3n) is 8.12. The molecule has 0 aliphatic heterocycles. The Kier molecular flexibility index (Phi) is 10.9. The summed E-state index contributed by atoms with van der Waals surface area (Å²) in [5.41, 5.74) is 5.00. The molecule has 0 aromatic heterocycles. The van der Waals surface area contributed by atoms with Crippen LogP contribution in [-0.4, -0.2) is 41.7 Å². The first-order valence-electron chi connectivity index (χ1n) is 16.2. The van der Waals surface area contributed by atoms with Gasteiger partial charge in [-0.1, -0.05) is 72.8 Å². The van der Waals surface area contributed by atoms with Crippen LogP contribution in [0.1, 0.15) is 0 Å². The molecule has 0 spiro atoms. The minimum Gasteiger partial charge on any atom is -0.495 e. The number of benzene rings is 6. The van der Waals surface area contributed by atoms with Gasteiger partial charge in [-0.25, -0.2) is 0 Å². The number of anilines is 6. The van der Waals surface area contributed by atoms with Gasteiger partial charge in [0, 0.05) is 0 Å². The Morgan fingerprint density at radius 2 is 0.500 bits per heavy atom. The topological polar surface area (TPSA) is 61.9 Å². The molecule has 0 unspecified atom stereocenters. The van der Waals surface area contributed by atoms with Crippen LogP contribution in [0.25, 0.3) is 0 Å². The second kappa shape index (κ2) is 16.2. The van der Waals surface area contributed by atoms with E-state index in [1.165, 1.54) is 0 Å². The minimum atomic E-state index is 0.278. The Morgan fingerprint density at radius 3 is 0.740 bits per heavy atom. The molecule has 0 fully saturated rings. The van der Waals surface area contributed by atoms with Crippen molar-refractivity contribution < 1.29 is 28.4 Å². The molecular formula is C42H40N2O6. The van der Waals surface area contributed by atoms with Crippen LogP contribution >= 0.6 is 0 Å². The lowest BCUT2D eigenvalue weighted by Crippen LogP contribution is -2.16.